The van der Waals surface area contributed by atoms with E-state index in [2.05, 4.69) is 13.8 Å². The van der Waals surface area contributed by atoms with Crippen LogP contribution in [0.25, 0.3) is 0 Å². The molecular formula is C15H23O4Y-. The number of rotatable bonds is 0. The van der Waals surface area contributed by atoms with Crippen LogP contribution in [0.15, 0.2) is 0 Å². The van der Waals surface area contributed by atoms with E-state index in [4.69, 9.17) is 19.2 Å². The molecule has 5 fully saturated rings. The SMILES string of the molecule is CC1[CH-]OC2O[C@]3(C)CCC4C(C)CCC1[C@@]24OO3.[Y]. The van der Waals surface area contributed by atoms with E-state index in [1.165, 1.54) is 12.8 Å². The van der Waals surface area contributed by atoms with Crippen molar-refractivity contribution in [3.05, 3.63) is 6.61 Å². The third-order valence-corrected chi connectivity index (χ3v) is 5.83. The Hall–Kier alpha value is 0.944. The minimum absolute atomic E-state index is 0. The molecule has 111 valence electrons. The van der Waals surface area contributed by atoms with Crippen molar-refractivity contribution in [1.29, 1.82) is 0 Å². The molecule has 0 N–H and O–H groups in total. The zero-order valence-corrected chi connectivity index (χ0v) is 15.3. The van der Waals surface area contributed by atoms with Crippen molar-refractivity contribution in [3.63, 3.8) is 0 Å². The summed E-state index contributed by atoms with van der Waals surface area (Å²) in [6, 6.07) is 0. The second-order valence-corrected chi connectivity index (χ2v) is 7.04. The zero-order valence-electron chi connectivity index (χ0n) is 12.5. The molecule has 0 amide bonds. The third kappa shape index (κ3) is 2.02. The van der Waals surface area contributed by atoms with E-state index in [-0.39, 0.29) is 39.0 Å². The first-order chi connectivity index (χ1) is 9.05. The van der Waals surface area contributed by atoms with Crippen LogP contribution < -0.4 is 0 Å². The van der Waals surface area contributed by atoms with Crippen LogP contribution in [0.5, 0.6) is 0 Å². The maximum atomic E-state index is 6.12. The topological polar surface area (TPSA) is 36.9 Å². The van der Waals surface area contributed by atoms with Crippen LogP contribution in [0.3, 0.4) is 0 Å². The number of ether oxygens (including phenoxy) is 2. The quantitative estimate of drug-likeness (QED) is 0.494. The van der Waals surface area contributed by atoms with Gasteiger partial charge in [0.15, 0.2) is 11.9 Å². The molecule has 1 radical (unpaired) electrons. The maximum absolute atomic E-state index is 6.12. The van der Waals surface area contributed by atoms with E-state index >= 15 is 0 Å². The first-order valence-electron chi connectivity index (χ1n) is 7.59. The zero-order chi connectivity index (χ0) is 13.3. The van der Waals surface area contributed by atoms with E-state index in [1.807, 2.05) is 13.5 Å². The molecule has 7 atom stereocenters. The Labute approximate surface area is 146 Å². The van der Waals surface area contributed by atoms with Gasteiger partial charge in [0.2, 0.25) is 5.79 Å². The van der Waals surface area contributed by atoms with Crippen LogP contribution in [0.1, 0.15) is 46.5 Å². The predicted octanol–water partition coefficient (Wildman–Crippen LogP) is 3.03. The summed E-state index contributed by atoms with van der Waals surface area (Å²) in [7, 11) is 0. The molecule has 1 spiro atoms. The van der Waals surface area contributed by atoms with Gasteiger partial charge in [-0.2, -0.15) is 0 Å². The smallest absolute Gasteiger partial charge is 0.201 e. The van der Waals surface area contributed by atoms with Crippen LogP contribution in [-0.2, 0) is 52.0 Å². The second kappa shape index (κ2) is 5.24. The van der Waals surface area contributed by atoms with E-state index in [1.54, 1.807) is 0 Å². The average molecular weight is 356 g/mol. The fourth-order valence-corrected chi connectivity index (χ4v) is 4.73. The molecule has 4 nitrogen and oxygen atoms in total. The summed E-state index contributed by atoms with van der Waals surface area (Å²) < 4.78 is 12.0. The van der Waals surface area contributed by atoms with Crippen LogP contribution in [0.4, 0.5) is 0 Å². The van der Waals surface area contributed by atoms with Crippen molar-refractivity contribution in [2.45, 2.75) is 64.1 Å². The van der Waals surface area contributed by atoms with Gasteiger partial charge in [-0.1, -0.05) is 20.3 Å². The molecular weight excluding hydrogens is 333 g/mol. The van der Waals surface area contributed by atoms with Gasteiger partial charge < -0.3 is 9.47 Å². The van der Waals surface area contributed by atoms with Gasteiger partial charge in [-0.25, -0.2) is 16.4 Å². The van der Waals surface area contributed by atoms with E-state index in [9.17, 15) is 0 Å². The van der Waals surface area contributed by atoms with Crippen molar-refractivity contribution in [3.8, 4) is 0 Å². The van der Waals surface area contributed by atoms with E-state index < -0.39 is 11.4 Å². The molecule has 1 saturated carbocycles. The molecule has 0 aromatic rings. The fourth-order valence-electron chi connectivity index (χ4n) is 4.73. The molecule has 1 aliphatic carbocycles. The van der Waals surface area contributed by atoms with Gasteiger partial charge in [-0.3, -0.25) is 0 Å². The van der Waals surface area contributed by atoms with Crippen LogP contribution in [0, 0.1) is 30.3 Å². The first kappa shape index (κ1) is 15.8. The Morgan fingerprint density at radius 3 is 2.65 bits per heavy atom. The Bertz CT molecular complexity index is 392. The van der Waals surface area contributed by atoms with Gasteiger partial charge in [0, 0.05) is 39.1 Å². The summed E-state index contributed by atoms with van der Waals surface area (Å²) in [4.78, 5) is 11.7. The molecule has 5 rings (SSSR count). The Morgan fingerprint density at radius 2 is 1.85 bits per heavy atom. The first-order valence-corrected chi connectivity index (χ1v) is 7.59. The molecule has 4 heterocycles. The third-order valence-electron chi connectivity index (χ3n) is 5.83. The number of hydrogen-bond acceptors (Lipinski definition) is 4. The average Bonchev–Trinajstić information content (AvgIpc) is 2.61. The molecule has 0 aromatic heterocycles. The van der Waals surface area contributed by atoms with Crippen molar-refractivity contribution < 1.29 is 52.0 Å². The van der Waals surface area contributed by atoms with Crippen molar-refractivity contribution in [2.24, 2.45) is 23.7 Å². The number of fused-ring (bicyclic) bond motifs is 2. The van der Waals surface area contributed by atoms with Gasteiger partial charge in [-0.15, -0.1) is 5.92 Å². The number of hydrogen-bond donors (Lipinski definition) is 0. The summed E-state index contributed by atoms with van der Waals surface area (Å²) >= 11 is 0. The summed E-state index contributed by atoms with van der Waals surface area (Å²) in [5.74, 6) is 1.29. The maximum Gasteiger partial charge on any atom is 0.201 e. The van der Waals surface area contributed by atoms with E-state index in [0.717, 1.165) is 12.8 Å². The van der Waals surface area contributed by atoms with Gasteiger partial charge in [-0.05, 0) is 37.5 Å². The largest absolute Gasteiger partial charge is 0.527 e. The van der Waals surface area contributed by atoms with E-state index in [0.29, 0.717) is 23.7 Å². The molecule has 5 unspecified atom stereocenters. The van der Waals surface area contributed by atoms with Crippen molar-refractivity contribution in [2.75, 3.05) is 0 Å². The molecule has 5 heteroatoms. The summed E-state index contributed by atoms with van der Waals surface area (Å²) in [5.41, 5.74) is -0.401. The van der Waals surface area contributed by atoms with Crippen molar-refractivity contribution in [1.82, 2.24) is 0 Å². The Balaban J connectivity index is 0.00000121. The van der Waals surface area contributed by atoms with Crippen LogP contribution in [0.2, 0.25) is 0 Å². The van der Waals surface area contributed by atoms with Crippen molar-refractivity contribution >= 4 is 0 Å². The molecule has 0 aromatic carbocycles. The Morgan fingerprint density at radius 1 is 1.05 bits per heavy atom. The van der Waals surface area contributed by atoms with Gasteiger partial charge in [0.05, 0.1) is 0 Å². The minimum atomic E-state index is -0.647. The standard InChI is InChI=1S/C15H23O4.Y/c1-9-4-5-11-10(2)8-16-13-15(11)12(9)6-7-14(3,17-13)18-19-15;/h8-13H,4-7H2,1-3H3;/q-1;/t9?,10?,11?,12?,13?,14-,15-;/m0./s1. The van der Waals surface area contributed by atoms with Crippen LogP contribution >= 0.6 is 0 Å². The molecule has 5 aliphatic rings. The minimum Gasteiger partial charge on any atom is -0.527 e. The summed E-state index contributed by atoms with van der Waals surface area (Å²) in [6.07, 6.45) is 4.11. The summed E-state index contributed by atoms with van der Waals surface area (Å²) in [6.45, 7) is 8.45. The summed E-state index contributed by atoms with van der Waals surface area (Å²) in [5, 5.41) is 0. The molecule has 20 heavy (non-hydrogen) atoms. The van der Waals surface area contributed by atoms with Gasteiger partial charge >= 0.3 is 0 Å². The predicted molar refractivity (Wildman–Crippen MR) is 67.3 cm³/mol. The van der Waals surface area contributed by atoms with Gasteiger partial charge in [0.25, 0.3) is 0 Å². The normalized spacial score (nSPS) is 57.5. The second-order valence-electron chi connectivity index (χ2n) is 7.04. The van der Waals surface area contributed by atoms with Gasteiger partial charge in [0.1, 0.15) is 0 Å². The Kier molecular flexibility index (Phi) is 4.15. The molecule has 2 bridgehead atoms. The fraction of sp³-hybridized carbons (Fsp3) is 0.933. The van der Waals surface area contributed by atoms with Crippen LogP contribution in [-0.4, -0.2) is 17.7 Å². The molecule has 4 saturated heterocycles. The molecule has 4 aliphatic heterocycles. The monoisotopic (exact) mass is 356 g/mol.